The zero-order chi connectivity index (χ0) is 19.1. The van der Waals surface area contributed by atoms with Gasteiger partial charge in [0, 0.05) is 44.4 Å². The molecule has 3 rings (SSSR count). The van der Waals surface area contributed by atoms with Crippen LogP contribution in [0.15, 0.2) is 35.3 Å². The molecule has 27 heavy (non-hydrogen) atoms. The molecule has 2 heterocycles. The first-order valence-electron chi connectivity index (χ1n) is 10.2. The maximum absolute atomic E-state index is 9.88. The van der Waals surface area contributed by atoms with E-state index in [-0.39, 0.29) is 17.7 Å². The zero-order valence-corrected chi connectivity index (χ0v) is 16.7. The third kappa shape index (κ3) is 5.43. The monoisotopic (exact) mass is 374 g/mol. The topological polar surface area (TPSA) is 69.1 Å². The van der Waals surface area contributed by atoms with E-state index in [2.05, 4.69) is 59.7 Å². The van der Waals surface area contributed by atoms with Crippen LogP contribution in [-0.2, 0) is 4.74 Å². The number of hydrogen-bond donors (Lipinski definition) is 3. The Morgan fingerprint density at radius 2 is 2.07 bits per heavy atom. The first-order chi connectivity index (χ1) is 13.1. The molecule has 2 fully saturated rings. The van der Waals surface area contributed by atoms with Gasteiger partial charge in [0.25, 0.3) is 0 Å². The molecule has 0 aliphatic carbocycles. The lowest BCUT2D eigenvalue weighted by Gasteiger charge is -2.39. The summed E-state index contributed by atoms with van der Waals surface area (Å²) in [5, 5.41) is 17.1. The van der Waals surface area contributed by atoms with Crippen molar-refractivity contribution in [1.82, 2.24) is 15.5 Å². The number of nitrogens with one attached hydrogen (secondary N) is 2. The molecule has 2 saturated heterocycles. The molecule has 0 bridgehead atoms. The summed E-state index contributed by atoms with van der Waals surface area (Å²) < 4.78 is 5.63. The fourth-order valence-corrected chi connectivity index (χ4v) is 3.98. The second-order valence-corrected chi connectivity index (χ2v) is 7.73. The number of aliphatic hydroxyl groups excluding tert-OH is 1. The fourth-order valence-electron chi connectivity index (χ4n) is 3.98. The molecule has 0 saturated carbocycles. The van der Waals surface area contributed by atoms with Gasteiger partial charge in [0.1, 0.15) is 0 Å². The summed E-state index contributed by atoms with van der Waals surface area (Å²) in [6.07, 6.45) is 2.47. The van der Waals surface area contributed by atoms with Crippen LogP contribution in [0.3, 0.4) is 0 Å². The minimum atomic E-state index is -0.248. The predicted molar refractivity (Wildman–Crippen MR) is 109 cm³/mol. The molecule has 2 aliphatic heterocycles. The van der Waals surface area contributed by atoms with E-state index < -0.39 is 0 Å². The van der Waals surface area contributed by atoms with Crippen molar-refractivity contribution in [3.63, 3.8) is 0 Å². The maximum Gasteiger partial charge on any atom is 0.194 e. The Morgan fingerprint density at radius 3 is 2.70 bits per heavy atom. The Bertz CT molecular complexity index is 601. The highest BCUT2D eigenvalue weighted by Gasteiger charge is 2.34. The van der Waals surface area contributed by atoms with Crippen LogP contribution in [-0.4, -0.2) is 67.0 Å². The number of β-amino-alcohol motifs (C(OH)–C–C–N with tert-alkyl or cyclic N) is 1. The van der Waals surface area contributed by atoms with Gasteiger partial charge in [-0.05, 0) is 38.7 Å². The first-order valence-corrected chi connectivity index (χ1v) is 10.2. The molecule has 0 amide bonds. The Kier molecular flexibility index (Phi) is 7.10. The number of likely N-dealkylation sites (tertiary alicyclic amines) is 1. The predicted octanol–water partition coefficient (Wildman–Crippen LogP) is 1.92. The third-order valence-electron chi connectivity index (χ3n) is 5.60. The summed E-state index contributed by atoms with van der Waals surface area (Å²) in [5.74, 6) is 0.911. The minimum Gasteiger partial charge on any atom is -0.391 e. The van der Waals surface area contributed by atoms with Crippen molar-refractivity contribution < 1.29 is 9.84 Å². The number of ether oxygens (including phenoxy) is 1. The largest absolute Gasteiger partial charge is 0.391 e. The molecular formula is C21H34N4O2. The molecule has 1 aromatic carbocycles. The lowest BCUT2D eigenvalue weighted by atomic mass is 9.88. The summed E-state index contributed by atoms with van der Waals surface area (Å²) in [6, 6.07) is 10.8. The number of aliphatic imine (C=N–C) groups is 1. The van der Waals surface area contributed by atoms with E-state index in [1.54, 1.807) is 0 Å². The van der Waals surface area contributed by atoms with Crippen LogP contribution in [0.4, 0.5) is 0 Å². The third-order valence-corrected chi connectivity index (χ3v) is 5.60. The smallest absolute Gasteiger partial charge is 0.194 e. The highest BCUT2D eigenvalue weighted by molar-refractivity contribution is 5.80. The highest BCUT2D eigenvalue weighted by atomic mass is 16.5. The first kappa shape index (κ1) is 20.1. The van der Waals surface area contributed by atoms with E-state index in [1.807, 2.05) is 0 Å². The van der Waals surface area contributed by atoms with Crippen LogP contribution in [0.2, 0.25) is 0 Å². The van der Waals surface area contributed by atoms with Crippen molar-refractivity contribution in [3.8, 4) is 0 Å². The van der Waals surface area contributed by atoms with E-state index in [9.17, 15) is 5.11 Å². The van der Waals surface area contributed by atoms with Gasteiger partial charge in [0.15, 0.2) is 5.96 Å². The molecule has 2 aliphatic rings. The summed E-state index contributed by atoms with van der Waals surface area (Å²) in [4.78, 5) is 7.14. The number of rotatable bonds is 6. The van der Waals surface area contributed by atoms with E-state index in [4.69, 9.17) is 9.73 Å². The van der Waals surface area contributed by atoms with Crippen molar-refractivity contribution >= 4 is 5.96 Å². The van der Waals surface area contributed by atoms with Gasteiger partial charge in [-0.1, -0.05) is 30.3 Å². The summed E-state index contributed by atoms with van der Waals surface area (Å²) >= 11 is 0. The maximum atomic E-state index is 9.88. The number of benzene rings is 1. The van der Waals surface area contributed by atoms with Crippen LogP contribution >= 0.6 is 0 Å². The molecule has 6 heteroatoms. The summed E-state index contributed by atoms with van der Waals surface area (Å²) in [6.45, 7) is 8.90. The number of guanidine groups is 1. The van der Waals surface area contributed by atoms with E-state index in [1.165, 1.54) is 5.56 Å². The van der Waals surface area contributed by atoms with Crippen molar-refractivity contribution in [1.29, 1.82) is 0 Å². The summed E-state index contributed by atoms with van der Waals surface area (Å²) in [5.41, 5.74) is 1.23. The van der Waals surface area contributed by atoms with Gasteiger partial charge in [0.05, 0.1) is 12.6 Å². The Morgan fingerprint density at radius 1 is 1.33 bits per heavy atom. The molecule has 6 nitrogen and oxygen atoms in total. The quantitative estimate of drug-likeness (QED) is 0.524. The molecular weight excluding hydrogens is 340 g/mol. The van der Waals surface area contributed by atoms with Crippen LogP contribution in [0.25, 0.3) is 0 Å². The number of hydrogen-bond acceptors (Lipinski definition) is 4. The Labute approximate surface area is 163 Å². The molecule has 0 spiro atoms. The molecule has 0 radical (unpaired) electrons. The molecule has 1 unspecified atom stereocenters. The molecule has 0 aromatic heterocycles. The van der Waals surface area contributed by atoms with Gasteiger partial charge < -0.3 is 25.4 Å². The average Bonchev–Trinajstić information content (AvgIpc) is 3.13. The van der Waals surface area contributed by atoms with Gasteiger partial charge in [-0.25, -0.2) is 0 Å². The van der Waals surface area contributed by atoms with Crippen molar-refractivity contribution in [2.75, 3.05) is 39.4 Å². The molecule has 3 N–H and O–H groups in total. The fraction of sp³-hybridized carbons (Fsp3) is 0.667. The normalized spacial score (nSPS) is 24.0. The molecule has 2 atom stereocenters. The lowest BCUT2D eigenvalue weighted by Crippen LogP contribution is -2.53. The van der Waals surface area contributed by atoms with Gasteiger partial charge in [-0.2, -0.15) is 0 Å². The van der Waals surface area contributed by atoms with Gasteiger partial charge >= 0.3 is 0 Å². The van der Waals surface area contributed by atoms with E-state index >= 15 is 0 Å². The van der Waals surface area contributed by atoms with Crippen LogP contribution in [0, 0.1) is 0 Å². The van der Waals surface area contributed by atoms with E-state index in [0.717, 1.165) is 51.5 Å². The Balaban J connectivity index is 1.73. The van der Waals surface area contributed by atoms with Crippen molar-refractivity contribution in [2.24, 2.45) is 4.99 Å². The van der Waals surface area contributed by atoms with Crippen LogP contribution in [0.5, 0.6) is 0 Å². The second-order valence-electron chi connectivity index (χ2n) is 7.73. The lowest BCUT2D eigenvalue weighted by molar-refractivity contribution is 0.0373. The van der Waals surface area contributed by atoms with Crippen LogP contribution < -0.4 is 10.6 Å². The minimum absolute atomic E-state index is 0.0630. The SMILES string of the molecule is CCNC(=NCC1(NC(C)c2ccccc2)CCOCC1)N1CC[C@@H](O)C1. The Hall–Kier alpha value is -1.63. The number of nitrogens with zero attached hydrogens (tertiary/aromatic N) is 2. The van der Waals surface area contributed by atoms with Crippen molar-refractivity contribution in [2.45, 2.75) is 50.8 Å². The van der Waals surface area contributed by atoms with Gasteiger partial charge in [0.2, 0.25) is 0 Å². The van der Waals surface area contributed by atoms with Crippen LogP contribution in [0.1, 0.15) is 44.7 Å². The average molecular weight is 375 g/mol. The molecule has 1 aromatic rings. The highest BCUT2D eigenvalue weighted by Crippen LogP contribution is 2.26. The standard InChI is InChI=1S/C21H34N4O2/c1-3-22-20(25-12-9-19(26)15-25)23-16-21(10-13-27-14-11-21)24-17(2)18-7-5-4-6-8-18/h4-8,17,19,24,26H,3,9-16H2,1-2H3,(H,22,23)/t17?,19-/m1/s1. The van der Waals surface area contributed by atoms with Crippen molar-refractivity contribution in [3.05, 3.63) is 35.9 Å². The van der Waals surface area contributed by atoms with Gasteiger partial charge in [-0.3, -0.25) is 4.99 Å². The second kappa shape index (κ2) is 9.53. The zero-order valence-electron chi connectivity index (χ0n) is 16.7. The summed E-state index contributed by atoms with van der Waals surface area (Å²) in [7, 11) is 0. The molecule has 150 valence electrons. The number of aliphatic hydroxyl groups is 1. The van der Waals surface area contributed by atoms with E-state index in [0.29, 0.717) is 13.1 Å². The van der Waals surface area contributed by atoms with Gasteiger partial charge in [-0.15, -0.1) is 0 Å².